The minimum absolute atomic E-state index is 0.229. The molecule has 0 saturated carbocycles. The summed E-state index contributed by atoms with van der Waals surface area (Å²) in [5.41, 5.74) is 0.803. The van der Waals surface area contributed by atoms with Gasteiger partial charge in [0.05, 0.1) is 5.54 Å². The summed E-state index contributed by atoms with van der Waals surface area (Å²) in [7, 11) is 0. The number of hydrogen-bond donors (Lipinski definition) is 1. The Morgan fingerprint density at radius 2 is 1.15 bits per heavy atom. The summed E-state index contributed by atoms with van der Waals surface area (Å²) in [5.74, 6) is 0.819. The van der Waals surface area contributed by atoms with E-state index in [9.17, 15) is 0 Å². The van der Waals surface area contributed by atoms with Gasteiger partial charge in [-0.1, -0.05) is 66.7 Å². The fraction of sp³-hybridized carbons (Fsp3) is 0.174. The Labute approximate surface area is 167 Å². The number of benzene rings is 3. The quantitative estimate of drug-likeness (QED) is 0.349. The first kappa shape index (κ1) is 19.6. The molecule has 1 N–H and O–H groups in total. The molecular weight excluding hydrogens is 371 g/mol. The van der Waals surface area contributed by atoms with E-state index in [1.807, 2.05) is 54.6 Å². The van der Waals surface area contributed by atoms with Crippen molar-refractivity contribution in [2.24, 2.45) is 4.99 Å². The average Bonchev–Trinajstić information content (AvgIpc) is 2.68. The number of nitrogens with zero attached hydrogens (tertiary/aromatic N) is 1. The van der Waals surface area contributed by atoms with Gasteiger partial charge in [0.1, 0.15) is 21.8 Å². The summed E-state index contributed by atoms with van der Waals surface area (Å²) in [5, 5.41) is 5.82. The lowest BCUT2D eigenvalue weighted by Gasteiger charge is -2.24. The molecule has 0 fully saturated rings. The van der Waals surface area contributed by atoms with Crippen LogP contribution in [0.3, 0.4) is 0 Å². The van der Waals surface area contributed by atoms with Gasteiger partial charge in [0.2, 0.25) is 0 Å². The van der Waals surface area contributed by atoms with E-state index in [-0.39, 0.29) is 5.54 Å². The van der Waals surface area contributed by atoms with Crippen molar-refractivity contribution in [1.29, 1.82) is 0 Å². The van der Waals surface area contributed by atoms with Crippen LogP contribution in [0.4, 0.5) is 0 Å². The third-order valence-electron chi connectivity index (χ3n) is 3.98. The Morgan fingerprint density at radius 3 is 1.56 bits per heavy atom. The Bertz CT molecular complexity index is 848. The molecule has 0 aliphatic carbocycles. The maximum absolute atomic E-state index is 7.38. The third kappa shape index (κ3) is 4.97. The Morgan fingerprint density at radius 1 is 0.741 bits per heavy atom. The molecule has 0 amide bonds. The predicted octanol–water partition coefficient (Wildman–Crippen LogP) is 5.56. The monoisotopic (exact) mass is 395 g/mol. The molecule has 0 aromatic heterocycles. The van der Waals surface area contributed by atoms with Crippen LogP contribution in [0.2, 0.25) is 0 Å². The SMILES string of the molecule is CC(C)(C)N=C(N[P+](Cl)(c1ccccc1)c1ccccc1)c1ccccc1. The Hall–Kier alpha value is -2.15. The molecular formula is C23H25ClN2P+. The van der Waals surface area contributed by atoms with Crippen LogP contribution in [-0.2, 0) is 0 Å². The predicted molar refractivity (Wildman–Crippen MR) is 121 cm³/mol. The molecule has 0 atom stereocenters. The summed E-state index contributed by atoms with van der Waals surface area (Å²) in [6, 6.07) is 30.7. The molecule has 0 aliphatic heterocycles. The molecule has 3 rings (SSSR count). The van der Waals surface area contributed by atoms with Crippen LogP contribution in [-0.4, -0.2) is 11.4 Å². The summed E-state index contributed by atoms with van der Waals surface area (Å²) >= 11 is 7.38. The van der Waals surface area contributed by atoms with Gasteiger partial charge in [-0.05, 0) is 45.0 Å². The van der Waals surface area contributed by atoms with Crippen LogP contribution in [0.5, 0.6) is 0 Å². The van der Waals surface area contributed by atoms with Gasteiger partial charge < -0.3 is 0 Å². The van der Waals surface area contributed by atoms with Crippen molar-refractivity contribution in [3.05, 3.63) is 96.6 Å². The van der Waals surface area contributed by atoms with Crippen LogP contribution >= 0.6 is 18.0 Å². The standard InChI is InChI=1S/C23H25ClN2P/c1-23(2,3)25-22(19-13-7-4-8-14-19)26-27(24,20-15-9-5-10-16-20)21-17-11-6-12-18-21/h4-18H,1-3H3,(H,25,26)/q+1. The van der Waals surface area contributed by atoms with Crippen LogP contribution in [0, 0.1) is 0 Å². The van der Waals surface area contributed by atoms with E-state index in [1.165, 1.54) is 0 Å². The number of amidine groups is 1. The molecule has 0 aliphatic rings. The number of halogens is 1. The maximum Gasteiger partial charge on any atom is 0.267 e. The Kier molecular flexibility index (Phi) is 5.99. The van der Waals surface area contributed by atoms with Crippen molar-refractivity contribution in [1.82, 2.24) is 5.09 Å². The van der Waals surface area contributed by atoms with Gasteiger partial charge in [0, 0.05) is 5.56 Å². The number of nitrogens with one attached hydrogen (secondary N) is 1. The first-order valence-electron chi connectivity index (χ1n) is 9.02. The molecule has 4 heteroatoms. The molecule has 0 bridgehead atoms. The molecule has 27 heavy (non-hydrogen) atoms. The zero-order chi connectivity index (χ0) is 19.3. The smallest absolute Gasteiger partial charge is 0.260 e. The molecule has 2 nitrogen and oxygen atoms in total. The van der Waals surface area contributed by atoms with Gasteiger partial charge in [0.15, 0.2) is 5.84 Å². The average molecular weight is 396 g/mol. The summed E-state index contributed by atoms with van der Waals surface area (Å²) in [4.78, 5) is 4.96. The topological polar surface area (TPSA) is 24.4 Å². The first-order chi connectivity index (χ1) is 12.9. The van der Waals surface area contributed by atoms with Crippen LogP contribution in [0.25, 0.3) is 0 Å². The molecule has 0 heterocycles. The molecule has 0 saturated heterocycles. The van der Waals surface area contributed by atoms with Crippen LogP contribution < -0.4 is 15.7 Å². The lowest BCUT2D eigenvalue weighted by molar-refractivity contribution is 0.582. The van der Waals surface area contributed by atoms with Gasteiger partial charge in [-0.2, -0.15) is 0 Å². The van der Waals surface area contributed by atoms with E-state index in [4.69, 9.17) is 16.2 Å². The summed E-state index contributed by atoms with van der Waals surface area (Å²) < 4.78 is 0. The van der Waals surface area contributed by atoms with Crippen LogP contribution in [0.1, 0.15) is 26.3 Å². The highest BCUT2D eigenvalue weighted by Gasteiger charge is 2.44. The molecule has 0 unspecified atom stereocenters. The van der Waals surface area contributed by atoms with Gasteiger partial charge in [0.25, 0.3) is 6.77 Å². The van der Waals surface area contributed by atoms with Gasteiger partial charge in [-0.15, -0.1) is 0 Å². The molecule has 3 aromatic rings. The lowest BCUT2D eigenvalue weighted by Crippen LogP contribution is -2.35. The second-order valence-electron chi connectivity index (χ2n) is 7.37. The number of rotatable bonds is 4. The van der Waals surface area contributed by atoms with E-state index in [1.54, 1.807) is 0 Å². The first-order valence-corrected chi connectivity index (χ1v) is 11.7. The second kappa shape index (κ2) is 8.25. The van der Waals surface area contributed by atoms with Crippen LogP contribution in [0.15, 0.2) is 96.0 Å². The maximum atomic E-state index is 7.38. The fourth-order valence-corrected chi connectivity index (χ4v) is 5.89. The van der Waals surface area contributed by atoms with Crippen molar-refractivity contribution in [2.75, 3.05) is 0 Å². The van der Waals surface area contributed by atoms with E-state index in [2.05, 4.69) is 62.3 Å². The highest BCUT2D eigenvalue weighted by atomic mass is 35.7. The minimum Gasteiger partial charge on any atom is -0.260 e. The molecule has 0 spiro atoms. The van der Waals surface area contributed by atoms with E-state index < -0.39 is 6.77 Å². The van der Waals surface area contributed by atoms with Gasteiger partial charge in [-0.3, -0.25) is 4.99 Å². The Balaban J connectivity index is 2.13. The molecule has 3 aromatic carbocycles. The molecule has 0 radical (unpaired) electrons. The summed E-state index contributed by atoms with van der Waals surface area (Å²) in [6.07, 6.45) is 0. The van der Waals surface area contributed by atoms with Gasteiger partial charge in [-0.25, -0.2) is 5.09 Å². The second-order valence-corrected chi connectivity index (χ2v) is 11.3. The van der Waals surface area contributed by atoms with Gasteiger partial charge >= 0.3 is 0 Å². The molecule has 138 valence electrons. The zero-order valence-electron chi connectivity index (χ0n) is 15.9. The fourth-order valence-electron chi connectivity index (χ4n) is 2.78. The van der Waals surface area contributed by atoms with E-state index >= 15 is 0 Å². The van der Waals surface area contributed by atoms with Crippen molar-refractivity contribution in [2.45, 2.75) is 26.3 Å². The van der Waals surface area contributed by atoms with Crippen molar-refractivity contribution >= 4 is 34.5 Å². The van der Waals surface area contributed by atoms with Crippen molar-refractivity contribution in [3.8, 4) is 0 Å². The summed E-state index contributed by atoms with van der Waals surface area (Å²) in [6.45, 7) is 3.89. The largest absolute Gasteiger partial charge is 0.267 e. The van der Waals surface area contributed by atoms with E-state index in [0.29, 0.717) is 0 Å². The normalized spacial score (nSPS) is 12.7. The highest BCUT2D eigenvalue weighted by molar-refractivity contribution is 8.08. The third-order valence-corrected chi connectivity index (χ3v) is 7.94. The van der Waals surface area contributed by atoms with Crippen molar-refractivity contribution < 1.29 is 0 Å². The number of hydrogen-bond acceptors (Lipinski definition) is 1. The number of aliphatic imine (C=N–C) groups is 1. The zero-order valence-corrected chi connectivity index (χ0v) is 17.6. The van der Waals surface area contributed by atoms with E-state index in [0.717, 1.165) is 22.0 Å². The highest BCUT2D eigenvalue weighted by Crippen LogP contribution is 2.57. The minimum atomic E-state index is -2.39. The van der Waals surface area contributed by atoms with Crippen molar-refractivity contribution in [3.63, 3.8) is 0 Å². The lowest BCUT2D eigenvalue weighted by atomic mass is 10.1.